The third-order valence-corrected chi connectivity index (χ3v) is 8.03. The fraction of sp³-hybridized carbons (Fsp3) is 0.400. The number of nitro benzene ring substituents is 1. The zero-order chi connectivity index (χ0) is 28.6. The molecule has 3 aliphatic rings. The van der Waals surface area contributed by atoms with Gasteiger partial charge in [0.05, 0.1) is 24.7 Å². The number of aromatic hydroxyl groups is 1. The maximum Gasteiger partial charge on any atom is 0.337 e. The highest BCUT2D eigenvalue weighted by Crippen LogP contribution is 2.49. The Morgan fingerprint density at radius 2 is 1.77 bits per heavy atom. The van der Waals surface area contributed by atoms with Gasteiger partial charge in [-0.1, -0.05) is 18.2 Å². The molecular weight excluding hydrogens is 516 g/mol. The van der Waals surface area contributed by atoms with Gasteiger partial charge >= 0.3 is 11.7 Å². The number of hydrogen-bond acceptors (Lipinski definition) is 9. The van der Waals surface area contributed by atoms with Crippen molar-refractivity contribution in [3.05, 3.63) is 80.2 Å². The quantitative estimate of drug-likeness (QED) is 0.273. The molecule has 2 aromatic carbocycles. The highest BCUT2D eigenvalue weighted by atomic mass is 16.6. The van der Waals surface area contributed by atoms with Crippen LogP contribution in [-0.2, 0) is 14.3 Å². The SMILES string of the molecule is COc1ccccc1[C@H]1CC(=O)C2=C(C1)NC(C)=C(C(=O)OC1CCCC1)[C@@H]2c1cc(OC)c(O)c([N+](=O)[O-])c1. The van der Waals surface area contributed by atoms with Crippen LogP contribution < -0.4 is 14.8 Å². The van der Waals surface area contributed by atoms with Gasteiger partial charge in [-0.25, -0.2) is 4.79 Å². The fourth-order valence-corrected chi connectivity index (χ4v) is 6.16. The molecule has 2 aliphatic carbocycles. The molecule has 1 heterocycles. The van der Waals surface area contributed by atoms with Crippen LogP contribution in [0.25, 0.3) is 0 Å². The molecule has 2 aromatic rings. The van der Waals surface area contributed by atoms with E-state index in [0.717, 1.165) is 31.2 Å². The molecule has 0 unspecified atom stereocenters. The number of ether oxygens (including phenoxy) is 3. The van der Waals surface area contributed by atoms with Crippen molar-refractivity contribution in [1.82, 2.24) is 5.32 Å². The van der Waals surface area contributed by atoms with Crippen LogP contribution in [0.5, 0.6) is 17.2 Å². The van der Waals surface area contributed by atoms with Crippen LogP contribution >= 0.6 is 0 Å². The molecule has 40 heavy (non-hydrogen) atoms. The molecule has 2 atom stereocenters. The normalized spacial score (nSPS) is 21.1. The number of esters is 1. The molecule has 0 saturated heterocycles. The lowest BCUT2D eigenvalue weighted by molar-refractivity contribution is -0.386. The van der Waals surface area contributed by atoms with Gasteiger partial charge in [0, 0.05) is 41.3 Å². The van der Waals surface area contributed by atoms with Gasteiger partial charge in [0.2, 0.25) is 5.75 Å². The van der Waals surface area contributed by atoms with E-state index in [0.29, 0.717) is 29.1 Å². The molecule has 0 amide bonds. The first-order chi connectivity index (χ1) is 19.2. The number of ketones is 1. The van der Waals surface area contributed by atoms with E-state index in [-0.39, 0.29) is 41.1 Å². The average molecular weight is 549 g/mol. The van der Waals surface area contributed by atoms with Crippen molar-refractivity contribution in [3.63, 3.8) is 0 Å². The average Bonchev–Trinajstić information content (AvgIpc) is 3.45. The van der Waals surface area contributed by atoms with E-state index in [9.17, 15) is 24.8 Å². The van der Waals surface area contributed by atoms with Gasteiger partial charge < -0.3 is 24.6 Å². The number of allylic oxidation sites excluding steroid dienone is 3. The van der Waals surface area contributed by atoms with Crippen LogP contribution in [-0.4, -0.2) is 42.1 Å². The number of methoxy groups -OCH3 is 2. The lowest BCUT2D eigenvalue weighted by atomic mass is 9.71. The predicted octanol–water partition coefficient (Wildman–Crippen LogP) is 5.17. The molecule has 0 aromatic heterocycles. The van der Waals surface area contributed by atoms with E-state index in [1.54, 1.807) is 14.0 Å². The minimum absolute atomic E-state index is 0.124. The first kappa shape index (κ1) is 27.2. The molecule has 10 heteroatoms. The summed E-state index contributed by atoms with van der Waals surface area (Å²) in [5.41, 5.74) is 2.34. The zero-order valence-corrected chi connectivity index (χ0v) is 22.7. The summed E-state index contributed by atoms with van der Waals surface area (Å²) in [5.74, 6) is -1.93. The number of rotatable bonds is 7. The molecule has 1 saturated carbocycles. The van der Waals surface area contributed by atoms with E-state index >= 15 is 0 Å². The van der Waals surface area contributed by atoms with Crippen molar-refractivity contribution in [1.29, 1.82) is 0 Å². The topological polar surface area (TPSA) is 137 Å². The number of dihydropyridines is 1. The summed E-state index contributed by atoms with van der Waals surface area (Å²) in [6.45, 7) is 1.74. The highest BCUT2D eigenvalue weighted by Gasteiger charge is 2.43. The number of carbonyl (C=O) groups is 2. The Balaban J connectivity index is 1.64. The molecule has 0 radical (unpaired) electrons. The van der Waals surface area contributed by atoms with Gasteiger partial charge in [-0.05, 0) is 62.3 Å². The van der Waals surface area contributed by atoms with E-state index in [1.165, 1.54) is 19.2 Å². The van der Waals surface area contributed by atoms with Gasteiger partial charge in [-0.3, -0.25) is 14.9 Å². The van der Waals surface area contributed by atoms with Crippen molar-refractivity contribution >= 4 is 17.4 Å². The smallest absolute Gasteiger partial charge is 0.337 e. The first-order valence-electron chi connectivity index (χ1n) is 13.4. The minimum Gasteiger partial charge on any atom is -0.500 e. The summed E-state index contributed by atoms with van der Waals surface area (Å²) >= 11 is 0. The van der Waals surface area contributed by atoms with Crippen LogP contribution in [0.2, 0.25) is 0 Å². The number of para-hydroxylation sites is 1. The number of Topliss-reactive ketones (excluding diaryl/α,β-unsaturated/α-hetero) is 1. The highest BCUT2D eigenvalue weighted by molar-refractivity contribution is 6.04. The molecule has 1 aliphatic heterocycles. The van der Waals surface area contributed by atoms with Crippen molar-refractivity contribution < 1.29 is 33.8 Å². The third-order valence-electron chi connectivity index (χ3n) is 8.03. The second-order valence-corrected chi connectivity index (χ2v) is 10.4. The minimum atomic E-state index is -0.940. The lowest BCUT2D eigenvalue weighted by Gasteiger charge is -2.37. The first-order valence-corrected chi connectivity index (χ1v) is 13.4. The summed E-state index contributed by atoms with van der Waals surface area (Å²) < 4.78 is 16.7. The van der Waals surface area contributed by atoms with E-state index in [4.69, 9.17) is 14.2 Å². The van der Waals surface area contributed by atoms with Gasteiger partial charge in [0.25, 0.3) is 0 Å². The Kier molecular flexibility index (Phi) is 7.51. The summed E-state index contributed by atoms with van der Waals surface area (Å²) in [6.07, 6.45) is 3.89. The summed E-state index contributed by atoms with van der Waals surface area (Å²) in [6, 6.07) is 10.2. The molecule has 1 fully saturated rings. The van der Waals surface area contributed by atoms with E-state index in [1.807, 2.05) is 24.3 Å². The van der Waals surface area contributed by atoms with Crippen molar-refractivity contribution in [2.24, 2.45) is 0 Å². The predicted molar refractivity (Wildman–Crippen MR) is 145 cm³/mol. The molecule has 5 rings (SSSR count). The second-order valence-electron chi connectivity index (χ2n) is 10.4. The van der Waals surface area contributed by atoms with Crippen LogP contribution in [0.4, 0.5) is 5.69 Å². The van der Waals surface area contributed by atoms with Crippen LogP contribution in [0.3, 0.4) is 0 Å². The Hall–Kier alpha value is -4.34. The largest absolute Gasteiger partial charge is 0.500 e. The lowest BCUT2D eigenvalue weighted by Crippen LogP contribution is -2.36. The summed E-state index contributed by atoms with van der Waals surface area (Å²) in [7, 11) is 2.87. The van der Waals surface area contributed by atoms with Crippen molar-refractivity contribution in [2.75, 3.05) is 14.2 Å². The summed E-state index contributed by atoms with van der Waals surface area (Å²) in [4.78, 5) is 38.7. The standard InChI is InChI=1S/C30H32N2O8/c1-16-26(30(35)40-19-8-4-5-9-19)27(18-13-22(32(36)37)29(34)25(15-18)39-3)28-21(31-16)12-17(14-23(28)33)20-10-6-7-11-24(20)38-2/h6-7,10-11,13,15,17,19,27,31,34H,4-5,8-9,12,14H2,1-3H3/t17-,27+/m1/s1. The monoisotopic (exact) mass is 548 g/mol. The third kappa shape index (κ3) is 4.89. The van der Waals surface area contributed by atoms with Gasteiger partial charge in [-0.2, -0.15) is 0 Å². The Labute approximate surface area is 231 Å². The summed E-state index contributed by atoms with van der Waals surface area (Å²) in [5, 5.41) is 25.5. The Morgan fingerprint density at radius 3 is 2.45 bits per heavy atom. The van der Waals surface area contributed by atoms with Crippen molar-refractivity contribution in [2.45, 2.75) is 63.4 Å². The Bertz CT molecular complexity index is 1440. The zero-order valence-electron chi connectivity index (χ0n) is 22.7. The van der Waals surface area contributed by atoms with E-state index in [2.05, 4.69) is 5.32 Å². The number of phenols is 1. The maximum atomic E-state index is 13.9. The molecule has 0 bridgehead atoms. The number of benzene rings is 2. The number of nitrogens with zero attached hydrogens (tertiary/aromatic N) is 1. The Morgan fingerprint density at radius 1 is 1.07 bits per heavy atom. The van der Waals surface area contributed by atoms with Gasteiger partial charge in [0.1, 0.15) is 11.9 Å². The second kappa shape index (κ2) is 11.0. The number of hydrogen-bond donors (Lipinski definition) is 2. The molecule has 0 spiro atoms. The molecule has 10 nitrogen and oxygen atoms in total. The number of carbonyl (C=O) groups excluding carboxylic acids is 2. The van der Waals surface area contributed by atoms with Crippen molar-refractivity contribution in [3.8, 4) is 17.2 Å². The molecule has 2 N–H and O–H groups in total. The number of phenolic OH excluding ortho intramolecular Hbond substituents is 1. The maximum absolute atomic E-state index is 13.9. The number of nitrogens with one attached hydrogen (secondary N) is 1. The van der Waals surface area contributed by atoms with E-state index < -0.39 is 28.2 Å². The van der Waals surface area contributed by atoms with Crippen LogP contribution in [0.1, 0.15) is 68.4 Å². The molecular formula is C30H32N2O8. The van der Waals surface area contributed by atoms with Crippen LogP contribution in [0.15, 0.2) is 58.9 Å². The van der Waals surface area contributed by atoms with Crippen LogP contribution in [0, 0.1) is 10.1 Å². The fourth-order valence-electron chi connectivity index (χ4n) is 6.16. The number of nitro groups is 1. The van der Waals surface area contributed by atoms with Gasteiger partial charge in [0.15, 0.2) is 11.5 Å². The molecule has 210 valence electrons. The van der Waals surface area contributed by atoms with Gasteiger partial charge in [-0.15, -0.1) is 0 Å².